The van der Waals surface area contributed by atoms with Crippen LogP contribution in [0.5, 0.6) is 11.5 Å². The molecule has 0 saturated carbocycles. The molecule has 4 rings (SSSR count). The Hall–Kier alpha value is -4.54. The molecule has 0 heterocycles. The number of aliphatic hydroxyl groups is 2. The Kier molecular flexibility index (Phi) is 8.47. The Bertz CT molecular complexity index is 1320. The van der Waals surface area contributed by atoms with E-state index in [1.54, 1.807) is 12.1 Å². The minimum absolute atomic E-state index is 0.231. The van der Waals surface area contributed by atoms with Crippen LogP contribution in [0.3, 0.4) is 0 Å². The van der Waals surface area contributed by atoms with Crippen molar-refractivity contribution in [1.29, 1.82) is 0 Å². The number of carboxylic acid groups (broad SMARTS) is 2. The Morgan fingerprint density at radius 1 is 0.579 bits per heavy atom. The summed E-state index contributed by atoms with van der Waals surface area (Å²) in [7, 11) is 0. The van der Waals surface area contributed by atoms with Crippen LogP contribution in [0, 0.1) is 0 Å². The highest BCUT2D eigenvalue weighted by Crippen LogP contribution is 2.45. The van der Waals surface area contributed by atoms with Crippen molar-refractivity contribution in [2.45, 2.75) is 12.2 Å². The molecule has 38 heavy (non-hydrogen) atoms. The zero-order chi connectivity index (χ0) is 27.1. The highest BCUT2D eigenvalue weighted by Gasteiger charge is 2.21. The number of rotatable bonds is 11. The first-order valence-corrected chi connectivity index (χ1v) is 11.7. The summed E-state index contributed by atoms with van der Waals surface area (Å²) in [6, 6.07) is 22.5. The second-order valence-corrected chi connectivity index (χ2v) is 8.40. The van der Waals surface area contributed by atoms with E-state index in [-0.39, 0.29) is 13.2 Å². The molecular formula is C28H26O10. The minimum Gasteiger partial charge on any atom is -0.490 e. The van der Waals surface area contributed by atoms with Crippen LogP contribution in [0.15, 0.2) is 72.8 Å². The van der Waals surface area contributed by atoms with Crippen molar-refractivity contribution in [1.82, 2.24) is 0 Å². The van der Waals surface area contributed by atoms with Gasteiger partial charge in [-0.1, -0.05) is 60.7 Å². The smallest absolute Gasteiger partial charge is 0.490 e. The SMILES string of the molecule is O=C(O)OCC(O)COc1ccc2ccccc2c1-c1c(OCC(O)COC(=O)O)ccc2ccccc12. The summed E-state index contributed by atoms with van der Waals surface area (Å²) in [5, 5.41) is 41.2. The fourth-order valence-corrected chi connectivity index (χ4v) is 4.06. The van der Waals surface area contributed by atoms with Crippen molar-refractivity contribution in [3.8, 4) is 22.6 Å². The summed E-state index contributed by atoms with van der Waals surface area (Å²) in [5.74, 6) is 0.822. The molecule has 0 amide bonds. The van der Waals surface area contributed by atoms with Gasteiger partial charge in [0.05, 0.1) is 0 Å². The fraction of sp³-hybridized carbons (Fsp3) is 0.214. The van der Waals surface area contributed by atoms with Crippen molar-refractivity contribution in [2.24, 2.45) is 0 Å². The predicted octanol–water partition coefficient (Wildman–Crippen LogP) is 4.53. The molecule has 2 atom stereocenters. The van der Waals surface area contributed by atoms with Crippen LogP contribution in [0.25, 0.3) is 32.7 Å². The van der Waals surface area contributed by atoms with E-state index in [1.165, 1.54) is 0 Å². The average Bonchev–Trinajstić information content (AvgIpc) is 2.92. The van der Waals surface area contributed by atoms with Gasteiger partial charge in [0.2, 0.25) is 0 Å². The second kappa shape index (κ2) is 12.1. The van der Waals surface area contributed by atoms with E-state index in [0.29, 0.717) is 22.6 Å². The lowest BCUT2D eigenvalue weighted by atomic mass is 9.92. The van der Waals surface area contributed by atoms with Crippen molar-refractivity contribution < 1.29 is 49.0 Å². The zero-order valence-corrected chi connectivity index (χ0v) is 20.1. The van der Waals surface area contributed by atoms with Gasteiger partial charge < -0.3 is 39.4 Å². The molecule has 0 radical (unpaired) electrons. The third-order valence-corrected chi connectivity index (χ3v) is 5.69. The first-order chi connectivity index (χ1) is 18.3. The van der Waals surface area contributed by atoms with Crippen molar-refractivity contribution >= 4 is 33.9 Å². The molecule has 0 aromatic heterocycles. The quantitative estimate of drug-likeness (QED) is 0.207. The maximum absolute atomic E-state index is 10.7. The summed E-state index contributed by atoms with van der Waals surface area (Å²) in [6.07, 6.45) is -5.39. The van der Waals surface area contributed by atoms with Gasteiger partial charge in [-0.05, 0) is 33.7 Å². The summed E-state index contributed by atoms with van der Waals surface area (Å²) in [5.41, 5.74) is 1.33. The average molecular weight is 523 g/mol. The molecule has 0 fully saturated rings. The Labute approximate surface area is 217 Å². The number of benzene rings is 4. The summed E-state index contributed by atoms with van der Waals surface area (Å²) in [4.78, 5) is 21.3. The normalized spacial score (nSPS) is 12.6. The highest BCUT2D eigenvalue weighted by molar-refractivity contribution is 6.09. The number of hydrogen-bond donors (Lipinski definition) is 4. The number of carbonyl (C=O) groups is 2. The second-order valence-electron chi connectivity index (χ2n) is 8.40. The number of ether oxygens (including phenoxy) is 4. The van der Waals surface area contributed by atoms with Crippen LogP contribution < -0.4 is 9.47 Å². The minimum atomic E-state index is -1.50. The lowest BCUT2D eigenvalue weighted by Crippen LogP contribution is -2.25. The zero-order valence-electron chi connectivity index (χ0n) is 20.1. The van der Waals surface area contributed by atoms with E-state index in [4.69, 9.17) is 19.7 Å². The molecule has 0 aliphatic rings. The van der Waals surface area contributed by atoms with Gasteiger partial charge in [0.15, 0.2) is 0 Å². The van der Waals surface area contributed by atoms with Crippen LogP contribution in [0.4, 0.5) is 9.59 Å². The molecule has 198 valence electrons. The molecule has 0 spiro atoms. The Morgan fingerprint density at radius 2 is 0.974 bits per heavy atom. The molecule has 10 nitrogen and oxygen atoms in total. The van der Waals surface area contributed by atoms with Gasteiger partial charge in [0.25, 0.3) is 0 Å². The maximum Gasteiger partial charge on any atom is 0.505 e. The Morgan fingerprint density at radius 3 is 1.37 bits per heavy atom. The van der Waals surface area contributed by atoms with Gasteiger partial charge >= 0.3 is 12.3 Å². The van der Waals surface area contributed by atoms with Crippen LogP contribution in [-0.4, -0.2) is 71.4 Å². The summed E-state index contributed by atoms with van der Waals surface area (Å²) in [6.45, 7) is -1.36. The van der Waals surface area contributed by atoms with Gasteiger partial charge in [-0.2, -0.15) is 0 Å². The maximum atomic E-state index is 10.7. The largest absolute Gasteiger partial charge is 0.505 e. The standard InChI is InChI=1S/C28H26O10/c29-19(15-37-27(31)32)13-35-23-11-9-17-5-1-3-7-21(17)25(23)26-22-8-4-2-6-18(22)10-12-24(26)36-14-20(30)16-38-28(33)34/h1-12,19-20,29-30H,13-16H2,(H,31,32)(H,33,34). The van der Waals surface area contributed by atoms with Gasteiger partial charge in [-0.15, -0.1) is 0 Å². The molecule has 4 aromatic carbocycles. The van der Waals surface area contributed by atoms with E-state index in [9.17, 15) is 19.8 Å². The third kappa shape index (κ3) is 6.41. The lowest BCUT2D eigenvalue weighted by Gasteiger charge is -2.21. The van der Waals surface area contributed by atoms with Gasteiger partial charge in [0, 0.05) is 11.1 Å². The molecule has 0 saturated heterocycles. The van der Waals surface area contributed by atoms with E-state index in [0.717, 1.165) is 21.5 Å². The summed E-state index contributed by atoms with van der Waals surface area (Å²) < 4.78 is 20.8. The van der Waals surface area contributed by atoms with Gasteiger partial charge in [0.1, 0.15) is 50.1 Å². The molecule has 10 heteroatoms. The van der Waals surface area contributed by atoms with Crippen LogP contribution in [0.1, 0.15) is 0 Å². The highest BCUT2D eigenvalue weighted by atomic mass is 16.7. The van der Waals surface area contributed by atoms with Crippen LogP contribution in [-0.2, 0) is 9.47 Å². The summed E-state index contributed by atoms with van der Waals surface area (Å²) >= 11 is 0. The number of aliphatic hydroxyl groups excluding tert-OH is 2. The van der Waals surface area contributed by atoms with Crippen LogP contribution in [0.2, 0.25) is 0 Å². The third-order valence-electron chi connectivity index (χ3n) is 5.69. The fourth-order valence-electron chi connectivity index (χ4n) is 4.06. The van der Waals surface area contributed by atoms with Gasteiger partial charge in [-0.3, -0.25) is 0 Å². The molecule has 4 N–H and O–H groups in total. The molecular weight excluding hydrogens is 496 g/mol. The van der Waals surface area contributed by atoms with E-state index in [2.05, 4.69) is 9.47 Å². The first-order valence-electron chi connectivity index (χ1n) is 11.7. The Balaban J connectivity index is 1.78. The van der Waals surface area contributed by atoms with Crippen LogP contribution >= 0.6 is 0 Å². The first kappa shape index (κ1) is 26.5. The van der Waals surface area contributed by atoms with E-state index in [1.807, 2.05) is 60.7 Å². The predicted molar refractivity (Wildman–Crippen MR) is 138 cm³/mol. The van der Waals surface area contributed by atoms with E-state index >= 15 is 0 Å². The molecule has 0 aliphatic carbocycles. The lowest BCUT2D eigenvalue weighted by molar-refractivity contribution is 0.0192. The topological polar surface area (TPSA) is 152 Å². The molecule has 2 unspecified atom stereocenters. The van der Waals surface area contributed by atoms with Crippen molar-refractivity contribution in [3.63, 3.8) is 0 Å². The number of hydrogen-bond acceptors (Lipinski definition) is 8. The molecule has 0 bridgehead atoms. The van der Waals surface area contributed by atoms with Crippen molar-refractivity contribution in [2.75, 3.05) is 26.4 Å². The van der Waals surface area contributed by atoms with Crippen molar-refractivity contribution in [3.05, 3.63) is 72.8 Å². The molecule has 0 aliphatic heterocycles. The van der Waals surface area contributed by atoms with Gasteiger partial charge in [-0.25, -0.2) is 9.59 Å². The molecule has 4 aromatic rings. The van der Waals surface area contributed by atoms with E-state index < -0.39 is 37.7 Å². The number of fused-ring (bicyclic) bond motifs is 2. The monoisotopic (exact) mass is 522 g/mol.